The highest BCUT2D eigenvalue weighted by atomic mass is 79.9. The molecule has 0 saturated heterocycles. The highest BCUT2D eigenvalue weighted by molar-refractivity contribution is 9.11. The molecule has 0 fully saturated rings. The number of ether oxygens (including phenoxy) is 1. The third-order valence-corrected chi connectivity index (χ3v) is 3.81. The van der Waals surface area contributed by atoms with Crippen LogP contribution in [0, 0.1) is 0 Å². The van der Waals surface area contributed by atoms with Crippen molar-refractivity contribution in [1.82, 2.24) is 9.78 Å². The number of nitrogens with two attached hydrogens (primary N) is 1. The zero-order valence-corrected chi connectivity index (χ0v) is 12.1. The molecule has 0 saturated carbocycles. The summed E-state index contributed by atoms with van der Waals surface area (Å²) in [4.78, 5) is 12.7. The van der Waals surface area contributed by atoms with Crippen molar-refractivity contribution in [2.45, 2.75) is 13.5 Å². The quantitative estimate of drug-likeness (QED) is 0.875. The number of anilines is 1. The number of aromatic nitrogens is 2. The fourth-order valence-corrected chi connectivity index (χ4v) is 2.95. The van der Waals surface area contributed by atoms with Crippen LogP contribution in [0.3, 0.4) is 0 Å². The van der Waals surface area contributed by atoms with Crippen LogP contribution in [-0.2, 0) is 11.3 Å². The third-order valence-electron chi connectivity index (χ3n) is 2.21. The van der Waals surface area contributed by atoms with Crippen molar-refractivity contribution in [1.29, 1.82) is 0 Å². The van der Waals surface area contributed by atoms with E-state index in [1.807, 2.05) is 12.1 Å². The summed E-state index contributed by atoms with van der Waals surface area (Å²) in [5.41, 5.74) is 6.25. The standard InChI is InChI=1S/C11H12BrN3O2S/c1-2-17-11(16)10-8(13)6-15(14-10)5-7-3-4-9(12)18-7/h3-4,6H,2,5,13H2,1H3. The van der Waals surface area contributed by atoms with Crippen molar-refractivity contribution in [3.05, 3.63) is 32.7 Å². The van der Waals surface area contributed by atoms with Crippen molar-refractivity contribution in [3.63, 3.8) is 0 Å². The highest BCUT2D eigenvalue weighted by Crippen LogP contribution is 2.23. The molecule has 0 spiro atoms. The van der Waals surface area contributed by atoms with Crippen LogP contribution in [0.2, 0.25) is 0 Å². The average Bonchev–Trinajstić information content (AvgIpc) is 2.86. The smallest absolute Gasteiger partial charge is 0.361 e. The zero-order chi connectivity index (χ0) is 13.1. The van der Waals surface area contributed by atoms with Gasteiger partial charge >= 0.3 is 5.97 Å². The Balaban J connectivity index is 2.16. The Hall–Kier alpha value is -1.34. The van der Waals surface area contributed by atoms with E-state index in [-0.39, 0.29) is 5.69 Å². The molecule has 2 heterocycles. The number of nitrogen functional groups attached to an aromatic ring is 1. The second-order valence-corrected chi connectivity index (χ2v) is 6.10. The van der Waals surface area contributed by atoms with Crippen molar-refractivity contribution in [2.75, 3.05) is 12.3 Å². The topological polar surface area (TPSA) is 70.1 Å². The maximum Gasteiger partial charge on any atom is 0.361 e. The summed E-state index contributed by atoms with van der Waals surface area (Å²) in [6, 6.07) is 3.97. The summed E-state index contributed by atoms with van der Waals surface area (Å²) in [5, 5.41) is 4.14. The number of rotatable bonds is 4. The Morgan fingerprint density at radius 3 is 3.00 bits per heavy atom. The van der Waals surface area contributed by atoms with Gasteiger partial charge in [-0.3, -0.25) is 4.68 Å². The van der Waals surface area contributed by atoms with Crippen LogP contribution in [0.4, 0.5) is 5.69 Å². The van der Waals surface area contributed by atoms with E-state index in [4.69, 9.17) is 10.5 Å². The van der Waals surface area contributed by atoms with Gasteiger partial charge in [-0.2, -0.15) is 5.10 Å². The number of nitrogens with zero attached hydrogens (tertiary/aromatic N) is 2. The second kappa shape index (κ2) is 5.53. The molecule has 2 N–H and O–H groups in total. The van der Waals surface area contributed by atoms with Gasteiger partial charge in [-0.1, -0.05) is 0 Å². The number of esters is 1. The van der Waals surface area contributed by atoms with E-state index in [1.54, 1.807) is 29.1 Å². The van der Waals surface area contributed by atoms with E-state index < -0.39 is 5.97 Å². The Labute approximate surface area is 117 Å². The van der Waals surface area contributed by atoms with Crippen LogP contribution < -0.4 is 5.73 Å². The molecule has 0 unspecified atom stereocenters. The molecule has 0 aliphatic heterocycles. The number of carbonyl (C=O) groups excluding carboxylic acids is 1. The number of thiophene rings is 1. The zero-order valence-electron chi connectivity index (χ0n) is 9.72. The van der Waals surface area contributed by atoms with Crippen LogP contribution >= 0.6 is 27.3 Å². The molecule has 0 aliphatic carbocycles. The van der Waals surface area contributed by atoms with Crippen molar-refractivity contribution in [3.8, 4) is 0 Å². The molecule has 0 aromatic carbocycles. The SMILES string of the molecule is CCOC(=O)c1nn(Cc2ccc(Br)s2)cc1N. The molecule has 0 amide bonds. The minimum absolute atomic E-state index is 0.174. The maximum atomic E-state index is 11.6. The Kier molecular flexibility index (Phi) is 4.03. The summed E-state index contributed by atoms with van der Waals surface area (Å²) < 4.78 is 7.57. The molecule has 0 radical (unpaired) electrons. The lowest BCUT2D eigenvalue weighted by molar-refractivity contribution is 0.0519. The Bertz CT molecular complexity index is 564. The molecular weight excluding hydrogens is 318 g/mol. The van der Waals surface area contributed by atoms with Gasteiger partial charge in [0.15, 0.2) is 5.69 Å². The molecule has 0 bridgehead atoms. The number of hydrogen-bond acceptors (Lipinski definition) is 5. The van der Waals surface area contributed by atoms with E-state index in [1.165, 1.54) is 0 Å². The molecule has 2 aromatic heterocycles. The summed E-state index contributed by atoms with van der Waals surface area (Å²) in [6.45, 7) is 2.64. The molecule has 2 rings (SSSR count). The summed E-state index contributed by atoms with van der Waals surface area (Å²) in [6.07, 6.45) is 1.64. The Morgan fingerprint density at radius 2 is 2.39 bits per heavy atom. The van der Waals surface area contributed by atoms with Crippen LogP contribution in [0.15, 0.2) is 22.1 Å². The Morgan fingerprint density at radius 1 is 1.61 bits per heavy atom. The molecule has 5 nitrogen and oxygen atoms in total. The predicted octanol–water partition coefficient (Wildman–Crippen LogP) is 2.51. The fourth-order valence-electron chi connectivity index (χ4n) is 1.47. The second-order valence-electron chi connectivity index (χ2n) is 3.56. The van der Waals surface area contributed by atoms with Gasteiger partial charge in [-0.25, -0.2) is 4.79 Å². The molecular formula is C11H12BrN3O2S. The largest absolute Gasteiger partial charge is 0.461 e. The van der Waals surface area contributed by atoms with Crippen LogP contribution in [-0.4, -0.2) is 22.4 Å². The molecule has 2 aromatic rings. The number of carbonyl (C=O) groups is 1. The molecule has 96 valence electrons. The molecule has 18 heavy (non-hydrogen) atoms. The lowest BCUT2D eigenvalue weighted by atomic mass is 10.4. The summed E-state index contributed by atoms with van der Waals surface area (Å²) in [5.74, 6) is -0.485. The lowest BCUT2D eigenvalue weighted by Crippen LogP contribution is -2.08. The van der Waals surface area contributed by atoms with Gasteiger partial charge in [-0.15, -0.1) is 11.3 Å². The minimum atomic E-state index is -0.485. The van der Waals surface area contributed by atoms with E-state index >= 15 is 0 Å². The van der Waals surface area contributed by atoms with E-state index in [2.05, 4.69) is 21.0 Å². The fraction of sp³-hybridized carbons (Fsp3) is 0.273. The van der Waals surface area contributed by atoms with E-state index in [9.17, 15) is 4.79 Å². The van der Waals surface area contributed by atoms with Gasteiger partial charge in [0.2, 0.25) is 0 Å². The van der Waals surface area contributed by atoms with Gasteiger partial charge in [-0.05, 0) is 35.0 Å². The van der Waals surface area contributed by atoms with Gasteiger partial charge in [0.25, 0.3) is 0 Å². The summed E-state index contributed by atoms with van der Waals surface area (Å²) in [7, 11) is 0. The van der Waals surface area contributed by atoms with Crippen molar-refractivity contribution < 1.29 is 9.53 Å². The van der Waals surface area contributed by atoms with Gasteiger partial charge in [0.1, 0.15) is 0 Å². The van der Waals surface area contributed by atoms with Gasteiger partial charge in [0.05, 0.1) is 22.6 Å². The van der Waals surface area contributed by atoms with Gasteiger partial charge < -0.3 is 10.5 Å². The number of hydrogen-bond donors (Lipinski definition) is 1. The molecule has 7 heteroatoms. The third kappa shape index (κ3) is 2.91. The number of halogens is 1. The predicted molar refractivity (Wildman–Crippen MR) is 73.7 cm³/mol. The van der Waals surface area contributed by atoms with E-state index in [0.717, 1.165) is 8.66 Å². The average molecular weight is 330 g/mol. The van der Waals surface area contributed by atoms with Crippen molar-refractivity contribution >= 4 is 38.9 Å². The highest BCUT2D eigenvalue weighted by Gasteiger charge is 2.16. The summed E-state index contributed by atoms with van der Waals surface area (Å²) >= 11 is 5.01. The minimum Gasteiger partial charge on any atom is -0.461 e. The van der Waals surface area contributed by atoms with E-state index in [0.29, 0.717) is 18.8 Å². The normalized spacial score (nSPS) is 10.6. The maximum absolute atomic E-state index is 11.6. The van der Waals surface area contributed by atoms with Crippen molar-refractivity contribution in [2.24, 2.45) is 0 Å². The lowest BCUT2D eigenvalue weighted by Gasteiger charge is -1.98. The van der Waals surface area contributed by atoms with Crippen LogP contribution in [0.5, 0.6) is 0 Å². The monoisotopic (exact) mass is 329 g/mol. The van der Waals surface area contributed by atoms with Gasteiger partial charge in [0, 0.05) is 11.1 Å². The first-order chi connectivity index (χ1) is 8.60. The first-order valence-corrected chi connectivity index (χ1v) is 6.95. The molecule has 0 aliphatic rings. The first-order valence-electron chi connectivity index (χ1n) is 5.34. The molecule has 0 atom stereocenters. The van der Waals surface area contributed by atoms with Crippen LogP contribution in [0.25, 0.3) is 0 Å². The van der Waals surface area contributed by atoms with Crippen LogP contribution in [0.1, 0.15) is 22.3 Å². The first kappa shape index (κ1) is 13.1.